The van der Waals surface area contributed by atoms with Crippen molar-refractivity contribution in [1.82, 2.24) is 35.3 Å². The number of tetrazole rings is 1. The molecule has 1 unspecified atom stereocenters. The van der Waals surface area contributed by atoms with Crippen molar-refractivity contribution in [3.63, 3.8) is 0 Å². The number of imide groups is 1. The zero-order valence-electron chi connectivity index (χ0n) is 15.4. The molecule has 0 bridgehead atoms. The van der Waals surface area contributed by atoms with E-state index < -0.39 is 17.5 Å². The van der Waals surface area contributed by atoms with Crippen LogP contribution in [0.25, 0.3) is 5.69 Å². The van der Waals surface area contributed by atoms with Gasteiger partial charge in [0.2, 0.25) is 5.91 Å². The Bertz CT molecular complexity index is 863. The van der Waals surface area contributed by atoms with Crippen molar-refractivity contribution in [1.29, 1.82) is 0 Å². The second kappa shape index (κ2) is 7.14. The number of likely N-dealkylation sites (N-methyl/N-ethyl adjacent to an activating group) is 1. The van der Waals surface area contributed by atoms with Crippen molar-refractivity contribution in [2.24, 2.45) is 0 Å². The van der Waals surface area contributed by atoms with Crippen LogP contribution in [-0.2, 0) is 15.1 Å². The number of amides is 4. The fourth-order valence-corrected chi connectivity index (χ4v) is 3.09. The van der Waals surface area contributed by atoms with Gasteiger partial charge in [-0.05, 0) is 48.9 Å². The number of hydrogen-bond donors (Lipinski definition) is 1. The van der Waals surface area contributed by atoms with E-state index in [1.807, 2.05) is 13.8 Å². The van der Waals surface area contributed by atoms with Crippen LogP contribution in [0.15, 0.2) is 30.6 Å². The third-order valence-electron chi connectivity index (χ3n) is 4.72. The molecule has 10 heteroatoms. The summed E-state index contributed by atoms with van der Waals surface area (Å²) in [6.45, 7) is 6.07. The summed E-state index contributed by atoms with van der Waals surface area (Å²) in [5.74, 6) is -0.739. The number of carbonyl (C=O) groups excluding carboxylic acids is 3. The Hall–Kier alpha value is -3.30. The Kier molecular flexibility index (Phi) is 4.89. The summed E-state index contributed by atoms with van der Waals surface area (Å²) in [6, 6.07) is 6.41. The van der Waals surface area contributed by atoms with Gasteiger partial charge in [-0.2, -0.15) is 0 Å². The summed E-state index contributed by atoms with van der Waals surface area (Å²) < 4.78 is 1.45. The highest BCUT2D eigenvalue weighted by Gasteiger charge is 2.49. The van der Waals surface area contributed by atoms with Crippen molar-refractivity contribution in [2.75, 3.05) is 19.6 Å². The monoisotopic (exact) mass is 371 g/mol. The van der Waals surface area contributed by atoms with Crippen LogP contribution in [0.3, 0.4) is 0 Å². The van der Waals surface area contributed by atoms with E-state index in [0.29, 0.717) is 24.3 Å². The molecule has 2 aromatic rings. The van der Waals surface area contributed by atoms with Crippen LogP contribution in [0, 0.1) is 0 Å². The first-order valence-corrected chi connectivity index (χ1v) is 8.66. The predicted molar refractivity (Wildman–Crippen MR) is 94.7 cm³/mol. The Morgan fingerprint density at radius 1 is 1.26 bits per heavy atom. The quantitative estimate of drug-likeness (QED) is 0.731. The van der Waals surface area contributed by atoms with Crippen LogP contribution in [0.1, 0.15) is 26.3 Å². The maximum atomic E-state index is 13.0. The molecule has 27 heavy (non-hydrogen) atoms. The molecule has 1 aliphatic heterocycles. The average Bonchev–Trinajstić information content (AvgIpc) is 3.27. The van der Waals surface area contributed by atoms with Gasteiger partial charge < -0.3 is 10.2 Å². The number of benzene rings is 1. The van der Waals surface area contributed by atoms with Crippen LogP contribution >= 0.6 is 0 Å². The van der Waals surface area contributed by atoms with Gasteiger partial charge in [-0.1, -0.05) is 12.1 Å². The van der Waals surface area contributed by atoms with E-state index in [1.54, 1.807) is 36.1 Å². The number of urea groups is 1. The predicted octanol–water partition coefficient (Wildman–Crippen LogP) is 0.298. The van der Waals surface area contributed by atoms with Crippen molar-refractivity contribution < 1.29 is 14.4 Å². The highest BCUT2D eigenvalue weighted by molar-refractivity contribution is 6.09. The molecule has 1 fully saturated rings. The molecule has 0 saturated carbocycles. The molecule has 3 rings (SSSR count). The van der Waals surface area contributed by atoms with Gasteiger partial charge in [0, 0.05) is 13.1 Å². The highest BCUT2D eigenvalue weighted by Crippen LogP contribution is 2.29. The fourth-order valence-electron chi connectivity index (χ4n) is 3.09. The van der Waals surface area contributed by atoms with Crippen molar-refractivity contribution >= 4 is 17.8 Å². The topological polar surface area (TPSA) is 113 Å². The molecule has 0 radical (unpaired) electrons. The Labute approximate surface area is 156 Å². The summed E-state index contributed by atoms with van der Waals surface area (Å²) in [4.78, 5) is 40.3. The molecule has 1 aliphatic rings. The van der Waals surface area contributed by atoms with E-state index >= 15 is 0 Å². The van der Waals surface area contributed by atoms with Crippen LogP contribution in [-0.4, -0.2) is 67.5 Å². The molecule has 1 aromatic heterocycles. The summed E-state index contributed by atoms with van der Waals surface area (Å²) in [7, 11) is 0. The first-order valence-electron chi connectivity index (χ1n) is 8.66. The van der Waals surface area contributed by atoms with E-state index in [0.717, 1.165) is 4.90 Å². The zero-order valence-corrected chi connectivity index (χ0v) is 15.4. The Morgan fingerprint density at radius 3 is 2.63 bits per heavy atom. The van der Waals surface area contributed by atoms with Crippen LogP contribution in [0.2, 0.25) is 0 Å². The third-order valence-corrected chi connectivity index (χ3v) is 4.72. The van der Waals surface area contributed by atoms with E-state index in [-0.39, 0.29) is 12.5 Å². The van der Waals surface area contributed by atoms with Crippen molar-refractivity contribution in [2.45, 2.75) is 26.3 Å². The van der Waals surface area contributed by atoms with Crippen molar-refractivity contribution in [3.05, 3.63) is 36.2 Å². The minimum atomic E-state index is -1.27. The number of carbonyl (C=O) groups is 3. The summed E-state index contributed by atoms with van der Waals surface area (Å²) in [5, 5.41) is 13.7. The molecular formula is C17H21N7O3. The van der Waals surface area contributed by atoms with Gasteiger partial charge in [-0.3, -0.25) is 14.5 Å². The maximum absolute atomic E-state index is 13.0. The van der Waals surface area contributed by atoms with Gasteiger partial charge in [0.25, 0.3) is 5.91 Å². The number of nitrogens with one attached hydrogen (secondary N) is 1. The number of hydrogen-bond acceptors (Lipinski definition) is 6. The van der Waals surface area contributed by atoms with E-state index in [4.69, 9.17) is 0 Å². The first kappa shape index (κ1) is 18.5. The molecule has 4 amide bonds. The van der Waals surface area contributed by atoms with Crippen LogP contribution < -0.4 is 5.32 Å². The summed E-state index contributed by atoms with van der Waals surface area (Å²) in [6.07, 6.45) is 1.44. The second-order valence-electron chi connectivity index (χ2n) is 6.32. The number of rotatable bonds is 6. The van der Waals surface area contributed by atoms with Gasteiger partial charge in [0.1, 0.15) is 18.4 Å². The lowest BCUT2D eigenvalue weighted by Crippen LogP contribution is -2.44. The van der Waals surface area contributed by atoms with Gasteiger partial charge >= 0.3 is 6.03 Å². The molecule has 0 spiro atoms. The van der Waals surface area contributed by atoms with E-state index in [9.17, 15) is 14.4 Å². The van der Waals surface area contributed by atoms with Gasteiger partial charge in [0.05, 0.1) is 5.69 Å². The lowest BCUT2D eigenvalue weighted by Gasteiger charge is -2.24. The maximum Gasteiger partial charge on any atom is 0.325 e. The Balaban J connectivity index is 1.87. The smallest absolute Gasteiger partial charge is 0.325 e. The molecule has 2 heterocycles. The first-order chi connectivity index (χ1) is 12.9. The zero-order chi connectivity index (χ0) is 19.6. The highest BCUT2D eigenvalue weighted by atomic mass is 16.2. The summed E-state index contributed by atoms with van der Waals surface area (Å²) >= 11 is 0. The van der Waals surface area contributed by atoms with Crippen molar-refractivity contribution in [3.8, 4) is 5.69 Å². The SMILES string of the molecule is CCN(CC)C(=O)CN1C(=O)NC(C)(c2cccc(-n3cnnn3)c2)C1=O. The molecular weight excluding hydrogens is 350 g/mol. The van der Waals surface area contributed by atoms with E-state index in [1.165, 1.54) is 11.0 Å². The summed E-state index contributed by atoms with van der Waals surface area (Å²) in [5.41, 5.74) is -0.0462. The minimum Gasteiger partial charge on any atom is -0.342 e. The molecule has 1 atom stereocenters. The largest absolute Gasteiger partial charge is 0.342 e. The Morgan fingerprint density at radius 2 is 2.00 bits per heavy atom. The fraction of sp³-hybridized carbons (Fsp3) is 0.412. The van der Waals surface area contributed by atoms with Gasteiger partial charge in [-0.15, -0.1) is 5.10 Å². The molecule has 1 aromatic carbocycles. The lowest BCUT2D eigenvalue weighted by molar-refractivity contribution is -0.138. The molecule has 1 N–H and O–H groups in total. The molecule has 10 nitrogen and oxygen atoms in total. The third kappa shape index (κ3) is 3.25. The van der Waals surface area contributed by atoms with Crippen LogP contribution in [0.4, 0.5) is 4.79 Å². The van der Waals surface area contributed by atoms with E-state index in [2.05, 4.69) is 20.8 Å². The number of aromatic nitrogens is 4. The average molecular weight is 371 g/mol. The second-order valence-corrected chi connectivity index (χ2v) is 6.32. The van der Waals surface area contributed by atoms with Gasteiger partial charge in [0.15, 0.2) is 0 Å². The molecule has 0 aliphatic carbocycles. The van der Waals surface area contributed by atoms with Crippen LogP contribution in [0.5, 0.6) is 0 Å². The lowest BCUT2D eigenvalue weighted by atomic mass is 9.91. The normalized spacial score (nSPS) is 19.3. The van der Waals surface area contributed by atoms with Gasteiger partial charge in [-0.25, -0.2) is 9.48 Å². The standard InChI is InChI=1S/C17H21N7O3/c1-4-22(5-2)14(25)10-23-15(26)17(3,19-16(23)27)12-7-6-8-13(9-12)24-11-18-20-21-24/h6-9,11H,4-5,10H2,1-3H3,(H,19,27). The molecule has 1 saturated heterocycles. The number of nitrogens with zero attached hydrogens (tertiary/aromatic N) is 6. The molecule has 142 valence electrons. The minimum absolute atomic E-state index is 0.268.